The smallest absolute Gasteiger partial charge is 0.294 e. The number of anilines is 1. The molecule has 1 amide bonds. The van der Waals surface area contributed by atoms with Gasteiger partial charge in [-0.15, -0.1) is 0 Å². The molecular weight excluding hydrogens is 342 g/mol. The van der Waals surface area contributed by atoms with Gasteiger partial charge in [0.05, 0.1) is 11.9 Å². The van der Waals surface area contributed by atoms with Crippen LogP contribution in [0.2, 0.25) is 5.02 Å². The maximum Gasteiger partial charge on any atom is 0.294 e. The first-order valence-corrected chi connectivity index (χ1v) is 7.81. The van der Waals surface area contributed by atoms with Gasteiger partial charge in [0, 0.05) is 18.7 Å². The van der Waals surface area contributed by atoms with Gasteiger partial charge in [-0.2, -0.15) is 9.78 Å². The predicted octanol–water partition coefficient (Wildman–Crippen LogP) is 3.64. The summed E-state index contributed by atoms with van der Waals surface area (Å²) in [4.78, 5) is 23.6. The highest BCUT2D eigenvalue weighted by Crippen LogP contribution is 2.27. The minimum atomic E-state index is -0.483. The topological polar surface area (TPSA) is 73.2 Å². The van der Waals surface area contributed by atoms with Gasteiger partial charge >= 0.3 is 0 Å². The Morgan fingerprint density at radius 1 is 1.16 bits per heavy atom. The van der Waals surface area contributed by atoms with Crippen LogP contribution in [0.15, 0.2) is 65.6 Å². The zero-order valence-corrected chi connectivity index (χ0v) is 14.0. The number of rotatable bonds is 4. The molecular formula is C18H14ClN3O3. The van der Waals surface area contributed by atoms with Gasteiger partial charge in [-0.1, -0.05) is 35.9 Å². The lowest BCUT2D eigenvalue weighted by Crippen LogP contribution is -2.21. The van der Waals surface area contributed by atoms with Crippen LogP contribution in [0.5, 0.6) is 11.5 Å². The number of hydrogen-bond acceptors (Lipinski definition) is 4. The van der Waals surface area contributed by atoms with E-state index in [1.807, 2.05) is 6.07 Å². The van der Waals surface area contributed by atoms with E-state index < -0.39 is 5.56 Å². The number of benzene rings is 2. The van der Waals surface area contributed by atoms with Gasteiger partial charge in [0.25, 0.3) is 5.56 Å². The van der Waals surface area contributed by atoms with Gasteiger partial charge in [-0.3, -0.25) is 9.59 Å². The Morgan fingerprint density at radius 2 is 1.92 bits per heavy atom. The average molecular weight is 356 g/mol. The van der Waals surface area contributed by atoms with Crippen LogP contribution in [-0.4, -0.2) is 15.7 Å². The van der Waals surface area contributed by atoms with Crippen LogP contribution in [0.4, 0.5) is 5.69 Å². The number of nitrogens with one attached hydrogen (secondary N) is 1. The van der Waals surface area contributed by atoms with Gasteiger partial charge in [0.15, 0.2) is 10.8 Å². The van der Waals surface area contributed by atoms with Crippen molar-refractivity contribution in [3.8, 4) is 17.2 Å². The highest BCUT2D eigenvalue weighted by atomic mass is 35.5. The Kier molecular flexibility index (Phi) is 4.81. The normalized spacial score (nSPS) is 10.3. The van der Waals surface area contributed by atoms with Crippen LogP contribution in [0, 0.1) is 0 Å². The predicted molar refractivity (Wildman–Crippen MR) is 95.7 cm³/mol. The molecule has 0 spiro atoms. The van der Waals surface area contributed by atoms with Crippen LogP contribution in [0.25, 0.3) is 5.69 Å². The summed E-state index contributed by atoms with van der Waals surface area (Å²) in [6.45, 7) is 1.41. The van der Waals surface area contributed by atoms with E-state index in [9.17, 15) is 9.59 Å². The first-order chi connectivity index (χ1) is 12.0. The average Bonchev–Trinajstić information content (AvgIpc) is 2.60. The molecule has 0 atom stereocenters. The maximum absolute atomic E-state index is 12.4. The van der Waals surface area contributed by atoms with Crippen molar-refractivity contribution in [2.75, 3.05) is 5.32 Å². The molecule has 0 aliphatic carbocycles. The third-order valence-electron chi connectivity index (χ3n) is 3.27. The SMILES string of the molecule is CC(=O)Nc1cccc(Oc2cnn(-c3ccccc3)c(=O)c2Cl)c1. The molecule has 0 aliphatic heterocycles. The summed E-state index contributed by atoms with van der Waals surface area (Å²) >= 11 is 6.15. The number of aromatic nitrogens is 2. The summed E-state index contributed by atoms with van der Waals surface area (Å²) in [5.41, 5.74) is 0.698. The number of ether oxygens (including phenoxy) is 1. The highest BCUT2D eigenvalue weighted by Gasteiger charge is 2.12. The zero-order valence-electron chi connectivity index (χ0n) is 13.3. The molecule has 0 bridgehead atoms. The minimum Gasteiger partial charge on any atom is -0.454 e. The molecule has 6 nitrogen and oxygen atoms in total. The van der Waals surface area contributed by atoms with E-state index in [2.05, 4.69) is 10.4 Å². The second-order valence-corrected chi connectivity index (χ2v) is 5.56. The Hall–Kier alpha value is -3.12. The molecule has 3 rings (SSSR count). The van der Waals surface area contributed by atoms with Crippen molar-refractivity contribution in [3.63, 3.8) is 0 Å². The molecule has 1 heterocycles. The summed E-state index contributed by atoms with van der Waals surface area (Å²) in [6, 6.07) is 15.7. The summed E-state index contributed by atoms with van der Waals surface area (Å²) < 4.78 is 6.84. The summed E-state index contributed by atoms with van der Waals surface area (Å²) in [6.07, 6.45) is 1.38. The van der Waals surface area contributed by atoms with Gasteiger partial charge < -0.3 is 10.1 Å². The largest absolute Gasteiger partial charge is 0.454 e. The molecule has 0 unspecified atom stereocenters. The fraction of sp³-hybridized carbons (Fsp3) is 0.0556. The number of halogens is 1. The summed E-state index contributed by atoms with van der Waals surface area (Å²) in [5, 5.41) is 6.68. The third kappa shape index (κ3) is 3.87. The lowest BCUT2D eigenvalue weighted by atomic mass is 10.3. The Bertz CT molecular complexity index is 971. The molecule has 3 aromatic rings. The first-order valence-electron chi connectivity index (χ1n) is 7.43. The molecule has 0 aliphatic rings. The monoisotopic (exact) mass is 355 g/mol. The van der Waals surface area contributed by atoms with Crippen LogP contribution in [0.3, 0.4) is 0 Å². The molecule has 0 radical (unpaired) electrons. The minimum absolute atomic E-state index is 0.0798. The zero-order chi connectivity index (χ0) is 17.8. The van der Waals surface area contributed by atoms with Crippen molar-refractivity contribution in [3.05, 3.63) is 76.2 Å². The van der Waals surface area contributed by atoms with Crippen LogP contribution < -0.4 is 15.6 Å². The maximum atomic E-state index is 12.4. The molecule has 0 saturated carbocycles. The third-order valence-corrected chi connectivity index (χ3v) is 3.62. The molecule has 25 heavy (non-hydrogen) atoms. The van der Waals surface area contributed by atoms with Crippen molar-refractivity contribution in [1.82, 2.24) is 9.78 Å². The van der Waals surface area contributed by atoms with Crippen LogP contribution in [-0.2, 0) is 4.79 Å². The van der Waals surface area contributed by atoms with Gasteiger partial charge in [-0.25, -0.2) is 0 Å². The molecule has 126 valence electrons. The Morgan fingerprint density at radius 3 is 2.64 bits per heavy atom. The number of carbonyl (C=O) groups excluding carboxylic acids is 1. The number of para-hydroxylation sites is 1. The number of carbonyl (C=O) groups is 1. The Balaban J connectivity index is 1.91. The van der Waals surface area contributed by atoms with Gasteiger partial charge in [-0.05, 0) is 24.3 Å². The molecule has 0 fully saturated rings. The quantitative estimate of drug-likeness (QED) is 0.775. The van der Waals surface area contributed by atoms with Gasteiger partial charge in [0.1, 0.15) is 5.75 Å². The van der Waals surface area contributed by atoms with Crippen molar-refractivity contribution in [1.29, 1.82) is 0 Å². The van der Waals surface area contributed by atoms with E-state index in [1.165, 1.54) is 17.8 Å². The van der Waals surface area contributed by atoms with Gasteiger partial charge in [0.2, 0.25) is 5.91 Å². The first kappa shape index (κ1) is 16.7. The van der Waals surface area contributed by atoms with Crippen molar-refractivity contribution < 1.29 is 9.53 Å². The lowest BCUT2D eigenvalue weighted by Gasteiger charge is -2.10. The molecule has 1 aromatic heterocycles. The van der Waals surface area contributed by atoms with E-state index in [0.717, 1.165) is 0 Å². The van der Waals surface area contributed by atoms with Crippen LogP contribution in [0.1, 0.15) is 6.92 Å². The lowest BCUT2D eigenvalue weighted by molar-refractivity contribution is -0.114. The van der Waals surface area contributed by atoms with Crippen molar-refractivity contribution in [2.45, 2.75) is 6.92 Å². The van der Waals surface area contributed by atoms with E-state index in [0.29, 0.717) is 17.1 Å². The summed E-state index contributed by atoms with van der Waals surface area (Å²) in [7, 11) is 0. The molecule has 0 saturated heterocycles. The van der Waals surface area contributed by atoms with E-state index in [-0.39, 0.29) is 16.7 Å². The second kappa shape index (κ2) is 7.19. The molecule has 2 aromatic carbocycles. The standard InChI is InChI=1S/C18H14ClN3O3/c1-12(23)21-13-6-5-9-15(10-13)25-16-11-20-22(18(24)17(16)19)14-7-3-2-4-8-14/h2-11H,1H3,(H,21,23). The molecule has 7 heteroatoms. The fourth-order valence-electron chi connectivity index (χ4n) is 2.21. The number of amides is 1. The van der Waals surface area contributed by atoms with Crippen LogP contribution >= 0.6 is 11.6 Å². The number of nitrogens with zero attached hydrogens (tertiary/aromatic N) is 2. The van der Waals surface area contributed by atoms with Crippen molar-refractivity contribution >= 4 is 23.2 Å². The second-order valence-electron chi connectivity index (χ2n) is 5.19. The van der Waals surface area contributed by atoms with Crippen molar-refractivity contribution in [2.24, 2.45) is 0 Å². The summed E-state index contributed by atoms with van der Waals surface area (Å²) in [5.74, 6) is 0.368. The highest BCUT2D eigenvalue weighted by molar-refractivity contribution is 6.31. The molecule has 1 N–H and O–H groups in total. The Labute approximate surface area is 148 Å². The van der Waals surface area contributed by atoms with E-state index in [4.69, 9.17) is 16.3 Å². The fourth-order valence-corrected chi connectivity index (χ4v) is 2.38. The van der Waals surface area contributed by atoms with E-state index in [1.54, 1.807) is 48.5 Å². The number of hydrogen-bond donors (Lipinski definition) is 1. The van der Waals surface area contributed by atoms with E-state index >= 15 is 0 Å².